The maximum Gasteiger partial charge on any atom is 0.315 e. The topological polar surface area (TPSA) is 70.7 Å². The third kappa shape index (κ3) is 5.25. The molecule has 1 aliphatic rings. The molecular weight excluding hydrogens is 422 g/mol. The van der Waals surface area contributed by atoms with E-state index in [1.165, 1.54) is 0 Å². The number of rotatable bonds is 6. The van der Waals surface area contributed by atoms with Crippen molar-refractivity contribution in [3.63, 3.8) is 0 Å². The lowest BCUT2D eigenvalue weighted by molar-refractivity contribution is -0.130. The minimum absolute atomic E-state index is 0.0406. The maximum atomic E-state index is 12.5. The Morgan fingerprint density at radius 2 is 2.00 bits per heavy atom. The number of benzene rings is 2. The van der Waals surface area contributed by atoms with Crippen molar-refractivity contribution in [1.82, 2.24) is 15.5 Å². The van der Waals surface area contributed by atoms with Crippen LogP contribution in [0.25, 0.3) is 0 Å². The zero-order chi connectivity index (χ0) is 19.9. The summed E-state index contributed by atoms with van der Waals surface area (Å²) in [4.78, 5) is 26.5. The SMILES string of the molecule is CCN(Cc1ccccc1)C(=O)CNC(=O)NC1CCOc2ccc(Br)cc21. The van der Waals surface area contributed by atoms with E-state index < -0.39 is 0 Å². The summed E-state index contributed by atoms with van der Waals surface area (Å²) in [5, 5.41) is 5.62. The highest BCUT2D eigenvalue weighted by molar-refractivity contribution is 9.10. The minimum atomic E-state index is -0.359. The Morgan fingerprint density at radius 3 is 2.75 bits per heavy atom. The molecule has 0 saturated carbocycles. The third-order valence-electron chi connectivity index (χ3n) is 4.67. The number of ether oxygens (including phenoxy) is 1. The van der Waals surface area contributed by atoms with Gasteiger partial charge in [0.1, 0.15) is 5.75 Å². The molecular formula is C21H24BrN3O3. The largest absolute Gasteiger partial charge is 0.493 e. The molecule has 2 N–H and O–H groups in total. The van der Waals surface area contributed by atoms with E-state index in [2.05, 4.69) is 26.6 Å². The summed E-state index contributed by atoms with van der Waals surface area (Å²) in [6.07, 6.45) is 0.680. The first-order valence-electron chi connectivity index (χ1n) is 9.35. The van der Waals surface area contributed by atoms with Crippen LogP contribution in [0.3, 0.4) is 0 Å². The Bertz CT molecular complexity index is 829. The first kappa shape index (κ1) is 20.2. The molecule has 28 heavy (non-hydrogen) atoms. The number of likely N-dealkylation sites (N-methyl/N-ethyl adjacent to an activating group) is 1. The van der Waals surface area contributed by atoms with Crippen LogP contribution < -0.4 is 15.4 Å². The molecule has 3 amide bonds. The van der Waals surface area contributed by atoms with Gasteiger partial charge in [-0.05, 0) is 30.7 Å². The molecule has 2 aromatic rings. The number of fused-ring (bicyclic) bond motifs is 1. The summed E-state index contributed by atoms with van der Waals surface area (Å²) in [6.45, 7) is 3.54. The number of halogens is 1. The van der Waals surface area contributed by atoms with Crippen molar-refractivity contribution in [2.24, 2.45) is 0 Å². The molecule has 7 heteroatoms. The highest BCUT2D eigenvalue weighted by atomic mass is 79.9. The minimum Gasteiger partial charge on any atom is -0.493 e. The number of carbonyl (C=O) groups excluding carboxylic acids is 2. The van der Waals surface area contributed by atoms with E-state index in [1.807, 2.05) is 55.5 Å². The molecule has 0 spiro atoms. The lowest BCUT2D eigenvalue weighted by Gasteiger charge is -2.27. The van der Waals surface area contributed by atoms with Crippen LogP contribution in [-0.2, 0) is 11.3 Å². The molecule has 2 aromatic carbocycles. The Balaban J connectivity index is 1.53. The second-order valence-corrected chi connectivity index (χ2v) is 7.51. The lowest BCUT2D eigenvalue weighted by Crippen LogP contribution is -2.45. The molecule has 0 bridgehead atoms. The predicted molar refractivity (Wildman–Crippen MR) is 111 cm³/mol. The first-order chi connectivity index (χ1) is 13.6. The van der Waals surface area contributed by atoms with Crippen LogP contribution in [0, 0.1) is 0 Å². The van der Waals surface area contributed by atoms with Gasteiger partial charge in [-0.25, -0.2) is 4.79 Å². The summed E-state index contributed by atoms with van der Waals surface area (Å²) < 4.78 is 6.57. The van der Waals surface area contributed by atoms with Gasteiger partial charge in [0.05, 0.1) is 19.2 Å². The van der Waals surface area contributed by atoms with E-state index in [4.69, 9.17) is 4.74 Å². The van der Waals surface area contributed by atoms with Gasteiger partial charge in [0.15, 0.2) is 0 Å². The van der Waals surface area contributed by atoms with Gasteiger partial charge < -0.3 is 20.3 Å². The average Bonchev–Trinajstić information content (AvgIpc) is 2.71. The summed E-state index contributed by atoms with van der Waals surface area (Å²) >= 11 is 3.45. The van der Waals surface area contributed by atoms with E-state index in [0.29, 0.717) is 26.1 Å². The maximum absolute atomic E-state index is 12.5. The van der Waals surface area contributed by atoms with Gasteiger partial charge in [-0.2, -0.15) is 0 Å². The summed E-state index contributed by atoms with van der Waals surface area (Å²) in [7, 11) is 0. The Morgan fingerprint density at radius 1 is 1.21 bits per heavy atom. The normalized spacial score (nSPS) is 15.1. The Labute approximate surface area is 173 Å². The first-order valence-corrected chi connectivity index (χ1v) is 10.1. The number of nitrogens with zero attached hydrogens (tertiary/aromatic N) is 1. The molecule has 148 valence electrons. The number of hydrogen-bond donors (Lipinski definition) is 2. The molecule has 0 aromatic heterocycles. The van der Waals surface area contributed by atoms with Gasteiger partial charge >= 0.3 is 6.03 Å². The predicted octanol–water partition coefficient (Wildman–Crippen LogP) is 3.62. The van der Waals surface area contributed by atoms with Gasteiger partial charge in [0.2, 0.25) is 5.91 Å². The zero-order valence-electron chi connectivity index (χ0n) is 15.8. The number of carbonyl (C=O) groups is 2. The molecule has 6 nitrogen and oxygen atoms in total. The fourth-order valence-corrected chi connectivity index (χ4v) is 3.55. The van der Waals surface area contributed by atoms with Crippen molar-refractivity contribution in [1.29, 1.82) is 0 Å². The van der Waals surface area contributed by atoms with Crippen LogP contribution in [0.15, 0.2) is 53.0 Å². The highest BCUT2D eigenvalue weighted by Gasteiger charge is 2.23. The fourth-order valence-electron chi connectivity index (χ4n) is 3.17. The Hall–Kier alpha value is -2.54. The molecule has 1 heterocycles. The molecule has 0 radical (unpaired) electrons. The monoisotopic (exact) mass is 445 g/mol. The lowest BCUT2D eigenvalue weighted by atomic mass is 10.0. The van der Waals surface area contributed by atoms with E-state index in [1.54, 1.807) is 4.90 Å². The summed E-state index contributed by atoms with van der Waals surface area (Å²) in [6, 6.07) is 15.0. The van der Waals surface area contributed by atoms with Gasteiger partial charge in [-0.15, -0.1) is 0 Å². The third-order valence-corrected chi connectivity index (χ3v) is 5.16. The second-order valence-electron chi connectivity index (χ2n) is 6.59. The van der Waals surface area contributed by atoms with Gasteiger partial charge in [-0.3, -0.25) is 4.79 Å². The number of hydrogen-bond acceptors (Lipinski definition) is 3. The van der Waals surface area contributed by atoms with Gasteiger partial charge in [-0.1, -0.05) is 46.3 Å². The molecule has 0 aliphatic carbocycles. The van der Waals surface area contributed by atoms with E-state index in [0.717, 1.165) is 21.3 Å². The van der Waals surface area contributed by atoms with Crippen molar-refractivity contribution >= 4 is 27.9 Å². The van der Waals surface area contributed by atoms with Crippen molar-refractivity contribution in [2.75, 3.05) is 19.7 Å². The zero-order valence-corrected chi connectivity index (χ0v) is 17.4. The van der Waals surface area contributed by atoms with Crippen molar-refractivity contribution in [2.45, 2.75) is 25.9 Å². The number of nitrogens with one attached hydrogen (secondary N) is 2. The van der Waals surface area contributed by atoms with Crippen LogP contribution in [0.2, 0.25) is 0 Å². The number of amides is 3. The smallest absolute Gasteiger partial charge is 0.315 e. The molecule has 1 aliphatic heterocycles. The van der Waals surface area contributed by atoms with Crippen molar-refractivity contribution < 1.29 is 14.3 Å². The van der Waals surface area contributed by atoms with Crippen LogP contribution in [0.4, 0.5) is 4.79 Å². The van der Waals surface area contributed by atoms with Gasteiger partial charge in [0, 0.05) is 29.5 Å². The fraction of sp³-hybridized carbons (Fsp3) is 0.333. The highest BCUT2D eigenvalue weighted by Crippen LogP contribution is 2.33. The van der Waals surface area contributed by atoms with Crippen molar-refractivity contribution in [3.05, 3.63) is 64.1 Å². The van der Waals surface area contributed by atoms with Gasteiger partial charge in [0.25, 0.3) is 0 Å². The quantitative estimate of drug-likeness (QED) is 0.712. The molecule has 1 atom stereocenters. The molecule has 0 fully saturated rings. The summed E-state index contributed by atoms with van der Waals surface area (Å²) in [5.74, 6) is 0.660. The van der Waals surface area contributed by atoms with E-state index >= 15 is 0 Å². The van der Waals surface area contributed by atoms with Crippen molar-refractivity contribution in [3.8, 4) is 5.75 Å². The summed E-state index contributed by atoms with van der Waals surface area (Å²) in [5.41, 5.74) is 1.99. The molecule has 3 rings (SSSR count). The molecule has 0 saturated heterocycles. The second kappa shape index (κ2) is 9.59. The van der Waals surface area contributed by atoms with Crippen LogP contribution in [-0.4, -0.2) is 36.5 Å². The van der Waals surface area contributed by atoms with Crippen LogP contribution >= 0.6 is 15.9 Å². The number of urea groups is 1. The Kier molecular flexibility index (Phi) is 6.92. The van der Waals surface area contributed by atoms with Crippen LogP contribution in [0.1, 0.15) is 30.5 Å². The van der Waals surface area contributed by atoms with Crippen LogP contribution in [0.5, 0.6) is 5.75 Å². The average molecular weight is 446 g/mol. The van der Waals surface area contributed by atoms with E-state index in [-0.39, 0.29) is 24.5 Å². The van der Waals surface area contributed by atoms with E-state index in [9.17, 15) is 9.59 Å². The molecule has 1 unspecified atom stereocenters. The standard InChI is InChI=1S/C21H24BrN3O3/c1-2-25(14-15-6-4-3-5-7-15)20(26)13-23-21(27)24-18-10-11-28-19-9-8-16(22)12-17(18)19/h3-9,12,18H,2,10-11,13-14H2,1H3,(H2,23,24,27).